The number of hydrogen-bond acceptors (Lipinski definition) is 3. The van der Waals surface area contributed by atoms with Gasteiger partial charge < -0.3 is 5.11 Å². The van der Waals surface area contributed by atoms with Crippen LogP contribution in [0, 0.1) is 0 Å². The molecule has 0 radical (unpaired) electrons. The molecule has 0 aliphatic heterocycles. The number of aliphatic carboxylic acids is 1. The zero-order chi connectivity index (χ0) is 14.8. The van der Waals surface area contributed by atoms with E-state index in [0.29, 0.717) is 13.0 Å². The first-order chi connectivity index (χ1) is 8.66. The Labute approximate surface area is 115 Å². The maximum atomic E-state index is 11.2. The summed E-state index contributed by atoms with van der Waals surface area (Å²) in [6, 6.07) is -0.451. The van der Waals surface area contributed by atoms with Gasteiger partial charge in [-0.05, 0) is 13.5 Å². The molecule has 1 heterocycles. The van der Waals surface area contributed by atoms with Crippen LogP contribution in [0.1, 0.15) is 45.4 Å². The van der Waals surface area contributed by atoms with Gasteiger partial charge in [-0.1, -0.05) is 27.7 Å². The van der Waals surface area contributed by atoms with Gasteiger partial charge in [-0.15, -0.1) is 0 Å². The highest BCUT2D eigenvalue weighted by Gasteiger charge is 2.26. The fourth-order valence-electron chi connectivity index (χ4n) is 2.34. The Hall–Kier alpha value is -1.36. The van der Waals surface area contributed by atoms with Crippen LogP contribution in [0.5, 0.6) is 0 Å². The lowest BCUT2D eigenvalue weighted by molar-refractivity contribution is -0.143. The molecule has 0 saturated heterocycles. The Kier molecular flexibility index (Phi) is 4.74. The number of hydrogen-bond donors (Lipinski definition) is 1. The Balaban J connectivity index is 2.96. The molecule has 0 saturated carbocycles. The van der Waals surface area contributed by atoms with E-state index in [-0.39, 0.29) is 5.41 Å². The van der Waals surface area contributed by atoms with Crippen molar-refractivity contribution in [3.8, 4) is 0 Å². The van der Waals surface area contributed by atoms with Crippen molar-refractivity contribution in [3.05, 3.63) is 17.5 Å². The van der Waals surface area contributed by atoms with E-state index in [4.69, 9.17) is 0 Å². The molecule has 0 amide bonds. The second-order valence-corrected chi connectivity index (χ2v) is 6.10. The predicted octanol–water partition coefficient (Wildman–Crippen LogP) is 2.01. The molecule has 5 heteroatoms. The standard InChI is InChI=1S/C14H25N3O2/c1-7-11(13(18)19)16(5)8-10-9-17(6)15-12(10)14(2,3)4/h9,11H,7-8H2,1-6H3,(H,18,19)/t11-/m0/s1. The first kappa shape index (κ1) is 15.7. The second-order valence-electron chi connectivity index (χ2n) is 6.10. The number of carbonyl (C=O) groups is 1. The van der Waals surface area contributed by atoms with E-state index in [1.165, 1.54) is 0 Å². The average molecular weight is 267 g/mol. The molecule has 5 nitrogen and oxygen atoms in total. The van der Waals surface area contributed by atoms with Crippen molar-refractivity contribution in [2.75, 3.05) is 7.05 Å². The first-order valence-electron chi connectivity index (χ1n) is 6.62. The lowest BCUT2D eigenvalue weighted by atomic mass is 9.89. The zero-order valence-corrected chi connectivity index (χ0v) is 12.8. The van der Waals surface area contributed by atoms with Crippen LogP contribution in [0.25, 0.3) is 0 Å². The summed E-state index contributed by atoms with van der Waals surface area (Å²) in [7, 11) is 3.75. The van der Waals surface area contributed by atoms with Gasteiger partial charge in [0, 0.05) is 30.8 Å². The zero-order valence-electron chi connectivity index (χ0n) is 12.8. The average Bonchev–Trinajstić information content (AvgIpc) is 2.59. The Morgan fingerprint density at radius 1 is 1.53 bits per heavy atom. The van der Waals surface area contributed by atoms with E-state index < -0.39 is 12.0 Å². The van der Waals surface area contributed by atoms with Crippen LogP contribution in [0.4, 0.5) is 0 Å². The molecule has 1 N–H and O–H groups in total. The number of carboxylic acids is 1. The molecule has 1 atom stereocenters. The molecule has 19 heavy (non-hydrogen) atoms. The largest absolute Gasteiger partial charge is 0.480 e. The van der Waals surface area contributed by atoms with E-state index in [2.05, 4.69) is 25.9 Å². The minimum absolute atomic E-state index is 0.0393. The van der Waals surface area contributed by atoms with E-state index >= 15 is 0 Å². The lowest BCUT2D eigenvalue weighted by Gasteiger charge is -2.25. The summed E-state index contributed by atoms with van der Waals surface area (Å²) in [5.74, 6) is -0.772. The minimum atomic E-state index is -0.772. The van der Waals surface area contributed by atoms with Crippen molar-refractivity contribution in [1.82, 2.24) is 14.7 Å². The quantitative estimate of drug-likeness (QED) is 0.886. The normalized spacial score (nSPS) is 13.8. The SMILES string of the molecule is CC[C@@H](C(=O)O)N(C)Cc1cn(C)nc1C(C)(C)C. The van der Waals surface area contributed by atoms with Crippen LogP contribution in [-0.2, 0) is 23.8 Å². The molecule has 0 aliphatic rings. The van der Waals surface area contributed by atoms with Crippen LogP contribution < -0.4 is 0 Å². The topological polar surface area (TPSA) is 58.4 Å². The highest BCUT2D eigenvalue weighted by atomic mass is 16.4. The fourth-order valence-corrected chi connectivity index (χ4v) is 2.34. The van der Waals surface area contributed by atoms with Gasteiger partial charge in [0.1, 0.15) is 6.04 Å². The molecule has 0 unspecified atom stereocenters. The summed E-state index contributed by atoms with van der Waals surface area (Å²) in [6.07, 6.45) is 2.57. The lowest BCUT2D eigenvalue weighted by Crippen LogP contribution is -2.37. The molecule has 0 aromatic carbocycles. The molecule has 0 aliphatic carbocycles. The van der Waals surface area contributed by atoms with Crippen LogP contribution in [-0.4, -0.2) is 38.8 Å². The number of nitrogens with zero attached hydrogens (tertiary/aromatic N) is 3. The molecule has 0 spiro atoms. The molecule has 0 fully saturated rings. The van der Waals surface area contributed by atoms with E-state index in [1.807, 2.05) is 32.1 Å². The number of aryl methyl sites for hydroxylation is 1. The first-order valence-corrected chi connectivity index (χ1v) is 6.62. The van der Waals surface area contributed by atoms with Gasteiger partial charge >= 0.3 is 5.97 Å². The highest BCUT2D eigenvalue weighted by molar-refractivity contribution is 5.73. The van der Waals surface area contributed by atoms with Crippen molar-refractivity contribution in [2.45, 2.75) is 52.1 Å². The summed E-state index contributed by atoms with van der Waals surface area (Å²) in [5, 5.41) is 13.7. The van der Waals surface area contributed by atoms with Gasteiger partial charge in [0.15, 0.2) is 0 Å². The monoisotopic (exact) mass is 267 g/mol. The van der Waals surface area contributed by atoms with Gasteiger partial charge in [-0.2, -0.15) is 5.10 Å². The summed E-state index contributed by atoms with van der Waals surface area (Å²) >= 11 is 0. The van der Waals surface area contributed by atoms with Crippen LogP contribution in [0.15, 0.2) is 6.20 Å². The van der Waals surface area contributed by atoms with Crippen molar-refractivity contribution >= 4 is 5.97 Å². The number of aromatic nitrogens is 2. The van der Waals surface area contributed by atoms with Gasteiger partial charge in [0.25, 0.3) is 0 Å². The fraction of sp³-hybridized carbons (Fsp3) is 0.714. The minimum Gasteiger partial charge on any atom is -0.480 e. The van der Waals surface area contributed by atoms with Crippen LogP contribution >= 0.6 is 0 Å². The summed E-state index contributed by atoms with van der Waals surface area (Å²) in [6.45, 7) is 8.85. The highest BCUT2D eigenvalue weighted by Crippen LogP contribution is 2.25. The maximum absolute atomic E-state index is 11.2. The molecule has 108 valence electrons. The second kappa shape index (κ2) is 5.74. The maximum Gasteiger partial charge on any atom is 0.320 e. The molecule has 0 bridgehead atoms. The summed E-state index contributed by atoms with van der Waals surface area (Å²) in [5.41, 5.74) is 2.09. The molecular weight excluding hydrogens is 242 g/mol. The van der Waals surface area contributed by atoms with Gasteiger partial charge in [0.05, 0.1) is 5.69 Å². The summed E-state index contributed by atoms with van der Waals surface area (Å²) in [4.78, 5) is 13.1. The van der Waals surface area contributed by atoms with Crippen LogP contribution in [0.3, 0.4) is 0 Å². The van der Waals surface area contributed by atoms with Crippen molar-refractivity contribution in [1.29, 1.82) is 0 Å². The van der Waals surface area contributed by atoms with E-state index in [0.717, 1.165) is 11.3 Å². The molecule has 1 rings (SSSR count). The van der Waals surface area contributed by atoms with Crippen LogP contribution in [0.2, 0.25) is 0 Å². The number of likely N-dealkylation sites (N-methyl/N-ethyl adjacent to an activating group) is 1. The van der Waals surface area contributed by atoms with E-state index in [9.17, 15) is 9.90 Å². The Bertz CT molecular complexity index is 446. The smallest absolute Gasteiger partial charge is 0.320 e. The molecule has 1 aromatic heterocycles. The predicted molar refractivity (Wildman–Crippen MR) is 75.1 cm³/mol. The van der Waals surface area contributed by atoms with E-state index in [1.54, 1.807) is 4.68 Å². The third-order valence-corrected chi connectivity index (χ3v) is 3.24. The van der Waals surface area contributed by atoms with Crippen molar-refractivity contribution < 1.29 is 9.90 Å². The third kappa shape index (κ3) is 3.80. The third-order valence-electron chi connectivity index (χ3n) is 3.24. The van der Waals surface area contributed by atoms with Gasteiger partial charge in [0.2, 0.25) is 0 Å². The van der Waals surface area contributed by atoms with Gasteiger partial charge in [-0.3, -0.25) is 14.4 Å². The number of carboxylic acid groups (broad SMARTS) is 1. The molecular formula is C14H25N3O2. The number of rotatable bonds is 5. The Morgan fingerprint density at radius 2 is 2.11 bits per heavy atom. The van der Waals surface area contributed by atoms with Crippen molar-refractivity contribution in [3.63, 3.8) is 0 Å². The van der Waals surface area contributed by atoms with Gasteiger partial charge in [-0.25, -0.2) is 0 Å². The Morgan fingerprint density at radius 3 is 2.53 bits per heavy atom. The summed E-state index contributed by atoms with van der Waals surface area (Å²) < 4.78 is 1.80. The van der Waals surface area contributed by atoms with Crippen molar-refractivity contribution in [2.24, 2.45) is 7.05 Å². The molecule has 1 aromatic rings.